The third kappa shape index (κ3) is 3.68. The van der Waals surface area contributed by atoms with Crippen LogP contribution >= 0.6 is 27.7 Å². The summed E-state index contributed by atoms with van der Waals surface area (Å²) < 4.78 is 0.894. The van der Waals surface area contributed by atoms with Crippen LogP contribution in [0.4, 0.5) is 5.82 Å². The van der Waals surface area contributed by atoms with Gasteiger partial charge in [0.25, 0.3) is 0 Å². The molecule has 0 aromatic carbocycles. The Bertz CT molecular complexity index is 306. The van der Waals surface area contributed by atoms with Crippen LogP contribution in [-0.4, -0.2) is 30.1 Å². The monoisotopic (exact) mass is 288 g/mol. The maximum Gasteiger partial charge on any atom is 0.129 e. The lowest BCUT2D eigenvalue weighted by molar-refractivity contribution is 0.665. The van der Waals surface area contributed by atoms with Gasteiger partial charge in [0, 0.05) is 18.8 Å². The molecule has 1 aromatic rings. The first-order chi connectivity index (χ1) is 7.19. The van der Waals surface area contributed by atoms with E-state index >= 15 is 0 Å². The lowest BCUT2D eigenvalue weighted by atomic mass is 10.2. The maximum absolute atomic E-state index is 4.46. The molecule has 1 aromatic heterocycles. The minimum Gasteiger partial charge on any atom is -0.356 e. The molecule has 0 amide bonds. The number of hydrogen-bond acceptors (Lipinski definition) is 3. The molecule has 0 aliphatic heterocycles. The Kier molecular flexibility index (Phi) is 5.47. The Hall–Kier alpha value is -0.220. The molecule has 0 aliphatic rings. The van der Waals surface area contributed by atoms with E-state index in [-0.39, 0.29) is 0 Å². The number of aromatic nitrogens is 1. The molecule has 4 heteroatoms. The highest BCUT2D eigenvalue weighted by Gasteiger charge is 2.13. The van der Waals surface area contributed by atoms with Crippen LogP contribution in [0.3, 0.4) is 0 Å². The number of thioether (sulfide) groups is 1. The first kappa shape index (κ1) is 12.8. The molecular formula is C11H17BrN2S. The minimum absolute atomic E-state index is 0.557. The van der Waals surface area contributed by atoms with Crippen LogP contribution in [0.25, 0.3) is 0 Å². The highest BCUT2D eigenvalue weighted by molar-refractivity contribution is 9.10. The van der Waals surface area contributed by atoms with Gasteiger partial charge in [0.05, 0.1) is 0 Å². The molecule has 2 nitrogen and oxygen atoms in total. The Morgan fingerprint density at radius 2 is 2.27 bits per heavy atom. The first-order valence-corrected chi connectivity index (χ1v) is 7.22. The van der Waals surface area contributed by atoms with Gasteiger partial charge in [-0.15, -0.1) is 0 Å². The summed E-state index contributed by atoms with van der Waals surface area (Å²) >= 11 is 5.28. The van der Waals surface area contributed by atoms with E-state index < -0.39 is 0 Å². The van der Waals surface area contributed by atoms with E-state index in [1.54, 1.807) is 0 Å². The fraction of sp³-hybridized carbons (Fsp3) is 0.545. The summed E-state index contributed by atoms with van der Waals surface area (Å²) in [6.45, 7) is 2.22. The van der Waals surface area contributed by atoms with Gasteiger partial charge >= 0.3 is 0 Å². The average molecular weight is 289 g/mol. The smallest absolute Gasteiger partial charge is 0.129 e. The second kappa shape index (κ2) is 6.38. The molecule has 84 valence electrons. The largest absolute Gasteiger partial charge is 0.356 e. The zero-order valence-electron chi connectivity index (χ0n) is 9.40. The zero-order valence-corrected chi connectivity index (χ0v) is 11.8. The number of hydrogen-bond donors (Lipinski definition) is 0. The van der Waals surface area contributed by atoms with E-state index in [4.69, 9.17) is 0 Å². The van der Waals surface area contributed by atoms with Crippen LogP contribution in [0, 0.1) is 0 Å². The fourth-order valence-corrected chi connectivity index (χ4v) is 2.66. The summed E-state index contributed by atoms with van der Waals surface area (Å²) in [7, 11) is 2.11. The zero-order chi connectivity index (χ0) is 11.3. The summed E-state index contributed by atoms with van der Waals surface area (Å²) in [5.74, 6) is 2.17. The molecular weight excluding hydrogens is 272 g/mol. The Morgan fingerprint density at radius 1 is 1.53 bits per heavy atom. The van der Waals surface area contributed by atoms with Crippen molar-refractivity contribution in [2.24, 2.45) is 0 Å². The van der Waals surface area contributed by atoms with E-state index in [0.717, 1.165) is 22.6 Å². The van der Waals surface area contributed by atoms with Crippen molar-refractivity contribution in [1.82, 2.24) is 4.98 Å². The molecule has 0 aliphatic carbocycles. The third-order valence-corrected chi connectivity index (χ3v) is 3.60. The van der Waals surface area contributed by atoms with E-state index in [9.17, 15) is 0 Å². The SMILES string of the molecule is CCC(CSC)N(C)c1cccc(Br)n1. The second-order valence-corrected chi connectivity index (χ2v) is 5.17. The predicted octanol–water partition coefficient (Wildman–Crippen LogP) is 3.42. The second-order valence-electron chi connectivity index (χ2n) is 3.45. The van der Waals surface area contributed by atoms with Gasteiger partial charge in [-0.1, -0.05) is 13.0 Å². The lowest BCUT2D eigenvalue weighted by Crippen LogP contribution is -2.33. The van der Waals surface area contributed by atoms with Gasteiger partial charge in [-0.25, -0.2) is 4.98 Å². The van der Waals surface area contributed by atoms with Crippen LogP contribution in [-0.2, 0) is 0 Å². The van der Waals surface area contributed by atoms with Crippen LogP contribution in [0.1, 0.15) is 13.3 Å². The quantitative estimate of drug-likeness (QED) is 0.773. The molecule has 1 rings (SSSR count). The van der Waals surface area contributed by atoms with Crippen molar-refractivity contribution in [2.75, 3.05) is 24.0 Å². The number of nitrogens with zero attached hydrogens (tertiary/aromatic N) is 2. The molecule has 0 N–H and O–H groups in total. The highest BCUT2D eigenvalue weighted by atomic mass is 79.9. The van der Waals surface area contributed by atoms with Crippen molar-refractivity contribution in [3.05, 3.63) is 22.8 Å². The molecule has 0 radical (unpaired) electrons. The molecule has 0 spiro atoms. The molecule has 0 fully saturated rings. The molecule has 0 saturated carbocycles. The van der Waals surface area contributed by atoms with Gasteiger partial charge < -0.3 is 4.90 Å². The maximum atomic E-state index is 4.46. The van der Waals surface area contributed by atoms with Gasteiger partial charge in [-0.3, -0.25) is 0 Å². The Balaban J connectivity index is 2.77. The Labute approximate surface area is 105 Å². The van der Waals surface area contributed by atoms with Crippen molar-refractivity contribution in [1.29, 1.82) is 0 Å². The standard InChI is InChI=1S/C11H17BrN2S/c1-4-9(8-15-3)14(2)11-7-5-6-10(12)13-11/h5-7,9H,4,8H2,1-3H3. The van der Waals surface area contributed by atoms with E-state index in [1.807, 2.05) is 30.0 Å². The number of rotatable bonds is 5. The van der Waals surface area contributed by atoms with Gasteiger partial charge in [0.1, 0.15) is 10.4 Å². The van der Waals surface area contributed by atoms with Crippen molar-refractivity contribution < 1.29 is 0 Å². The number of pyridine rings is 1. The molecule has 0 bridgehead atoms. The lowest BCUT2D eigenvalue weighted by Gasteiger charge is -2.27. The first-order valence-electron chi connectivity index (χ1n) is 5.03. The van der Waals surface area contributed by atoms with E-state index in [2.05, 4.69) is 46.0 Å². The summed E-state index contributed by atoms with van der Waals surface area (Å²) in [4.78, 5) is 6.71. The molecule has 1 heterocycles. The summed E-state index contributed by atoms with van der Waals surface area (Å²) in [5, 5.41) is 0. The van der Waals surface area contributed by atoms with Gasteiger partial charge in [-0.05, 0) is 40.7 Å². The highest BCUT2D eigenvalue weighted by Crippen LogP contribution is 2.18. The van der Waals surface area contributed by atoms with Crippen molar-refractivity contribution in [2.45, 2.75) is 19.4 Å². The molecule has 15 heavy (non-hydrogen) atoms. The van der Waals surface area contributed by atoms with Gasteiger partial charge in [0.2, 0.25) is 0 Å². The number of anilines is 1. The molecule has 1 atom stereocenters. The predicted molar refractivity (Wildman–Crippen MR) is 72.8 cm³/mol. The van der Waals surface area contributed by atoms with Crippen molar-refractivity contribution >= 4 is 33.5 Å². The van der Waals surface area contributed by atoms with E-state index in [1.165, 1.54) is 0 Å². The van der Waals surface area contributed by atoms with Gasteiger partial charge in [0.15, 0.2) is 0 Å². The third-order valence-electron chi connectivity index (χ3n) is 2.44. The van der Waals surface area contributed by atoms with Crippen LogP contribution in [0.5, 0.6) is 0 Å². The summed E-state index contributed by atoms with van der Waals surface area (Å²) in [5.41, 5.74) is 0. The van der Waals surface area contributed by atoms with E-state index in [0.29, 0.717) is 6.04 Å². The average Bonchev–Trinajstić information content (AvgIpc) is 2.25. The van der Waals surface area contributed by atoms with Crippen LogP contribution in [0.15, 0.2) is 22.8 Å². The fourth-order valence-electron chi connectivity index (χ4n) is 1.48. The molecule has 0 saturated heterocycles. The summed E-state index contributed by atoms with van der Waals surface area (Å²) in [6.07, 6.45) is 3.29. The topological polar surface area (TPSA) is 16.1 Å². The normalized spacial score (nSPS) is 12.5. The molecule has 1 unspecified atom stereocenters. The van der Waals surface area contributed by atoms with Gasteiger partial charge in [-0.2, -0.15) is 11.8 Å². The van der Waals surface area contributed by atoms with Crippen molar-refractivity contribution in [3.8, 4) is 0 Å². The van der Waals surface area contributed by atoms with Crippen LogP contribution in [0.2, 0.25) is 0 Å². The van der Waals surface area contributed by atoms with Crippen molar-refractivity contribution in [3.63, 3.8) is 0 Å². The van der Waals surface area contributed by atoms with Crippen LogP contribution < -0.4 is 4.90 Å². The number of halogens is 1. The Morgan fingerprint density at radius 3 is 2.80 bits per heavy atom. The minimum atomic E-state index is 0.557. The summed E-state index contributed by atoms with van der Waals surface area (Å²) in [6, 6.07) is 6.58.